The minimum atomic E-state index is -5.24. The van der Waals surface area contributed by atoms with Crippen LogP contribution in [0.15, 0.2) is 71.9 Å². The molecule has 0 bridgehead atoms. The number of rotatable bonds is 8. The van der Waals surface area contributed by atoms with E-state index in [2.05, 4.69) is 0 Å². The average molecular weight is 473 g/mol. The van der Waals surface area contributed by atoms with E-state index in [1.54, 1.807) is 44.2 Å². The van der Waals surface area contributed by atoms with Gasteiger partial charge in [0.1, 0.15) is 0 Å². The van der Waals surface area contributed by atoms with E-state index in [1.807, 2.05) is 11.4 Å². The topological polar surface area (TPSA) is 66.5 Å². The van der Waals surface area contributed by atoms with Gasteiger partial charge >= 0.3 is 6.18 Å². The van der Waals surface area contributed by atoms with Crippen LogP contribution in [0.25, 0.3) is 0 Å². The molecule has 1 unspecified atom stereocenters. The van der Waals surface area contributed by atoms with Crippen molar-refractivity contribution in [1.29, 1.82) is 0 Å². The van der Waals surface area contributed by atoms with E-state index in [9.17, 15) is 27.6 Å². The zero-order chi connectivity index (χ0) is 25.1. The van der Waals surface area contributed by atoms with Crippen LogP contribution < -0.4 is 5.32 Å². The predicted molar refractivity (Wildman–Crippen MR) is 122 cm³/mol. The minimum Gasteiger partial charge on any atom is -0.330 e. The number of benzene rings is 2. The van der Waals surface area contributed by atoms with Gasteiger partial charge in [0.05, 0.1) is 5.57 Å². The number of ketones is 1. The Hall–Kier alpha value is -3.42. The van der Waals surface area contributed by atoms with Crippen LogP contribution in [0.2, 0.25) is 0 Å². The molecular formula is C26H27F3N2O3. The number of Topliss-reactive ketones (excluding diaryl/α,β-unsaturated/α-hetero) is 1. The van der Waals surface area contributed by atoms with Crippen molar-refractivity contribution >= 4 is 17.6 Å². The van der Waals surface area contributed by atoms with Gasteiger partial charge in [-0.15, -0.1) is 0 Å². The van der Waals surface area contributed by atoms with Crippen molar-refractivity contribution in [3.8, 4) is 0 Å². The number of hydrogen-bond donors (Lipinski definition) is 1. The molecule has 0 aromatic heterocycles. The maximum atomic E-state index is 14.8. The van der Waals surface area contributed by atoms with E-state index in [1.165, 1.54) is 31.2 Å². The number of carbonyl (C=O) groups is 3. The fourth-order valence-corrected chi connectivity index (χ4v) is 4.17. The Morgan fingerprint density at radius 1 is 1.00 bits per heavy atom. The van der Waals surface area contributed by atoms with Crippen molar-refractivity contribution in [2.45, 2.75) is 45.3 Å². The van der Waals surface area contributed by atoms with Crippen molar-refractivity contribution in [3.05, 3.63) is 83.1 Å². The fourth-order valence-electron chi connectivity index (χ4n) is 4.17. The monoisotopic (exact) mass is 472 g/mol. The molecule has 1 aliphatic heterocycles. The Labute approximate surface area is 196 Å². The first kappa shape index (κ1) is 25.2. The van der Waals surface area contributed by atoms with Crippen LogP contribution in [0.1, 0.15) is 43.1 Å². The zero-order valence-corrected chi connectivity index (χ0v) is 19.3. The third-order valence-corrected chi connectivity index (χ3v) is 5.78. The predicted octanol–water partition coefficient (Wildman–Crippen LogP) is 4.69. The van der Waals surface area contributed by atoms with Crippen molar-refractivity contribution in [2.75, 3.05) is 6.54 Å². The summed E-state index contributed by atoms with van der Waals surface area (Å²) in [6, 6.07) is 16.5. The van der Waals surface area contributed by atoms with Gasteiger partial charge in [-0.05, 0) is 24.8 Å². The van der Waals surface area contributed by atoms with Crippen molar-refractivity contribution in [3.63, 3.8) is 0 Å². The van der Waals surface area contributed by atoms with Gasteiger partial charge in [0.2, 0.25) is 11.4 Å². The summed E-state index contributed by atoms with van der Waals surface area (Å²) >= 11 is 0. The molecule has 0 spiro atoms. The fraction of sp³-hybridized carbons (Fsp3) is 0.346. The van der Waals surface area contributed by atoms with Gasteiger partial charge < -0.3 is 10.2 Å². The number of alkyl halides is 3. The second-order valence-corrected chi connectivity index (χ2v) is 8.74. The number of hydrogen-bond acceptors (Lipinski definition) is 3. The summed E-state index contributed by atoms with van der Waals surface area (Å²) < 4.78 is 44.3. The average Bonchev–Trinajstić information content (AvgIpc) is 2.99. The first-order valence-corrected chi connectivity index (χ1v) is 11.0. The molecule has 2 aromatic rings. The summed E-state index contributed by atoms with van der Waals surface area (Å²) in [5.41, 5.74) is -3.50. The smallest absolute Gasteiger partial charge is 0.330 e. The van der Waals surface area contributed by atoms with E-state index < -0.39 is 34.9 Å². The summed E-state index contributed by atoms with van der Waals surface area (Å²) in [5.74, 6) is -3.51. The highest BCUT2D eigenvalue weighted by Crippen LogP contribution is 2.46. The molecule has 0 saturated heterocycles. The number of halogens is 3. The van der Waals surface area contributed by atoms with Gasteiger partial charge in [-0.3, -0.25) is 14.4 Å². The normalized spacial score (nSPS) is 18.6. The van der Waals surface area contributed by atoms with E-state index >= 15 is 0 Å². The molecule has 3 rings (SSSR count). The Morgan fingerprint density at radius 2 is 1.56 bits per heavy atom. The maximum absolute atomic E-state index is 14.8. The Kier molecular flexibility index (Phi) is 7.29. The molecule has 0 radical (unpaired) electrons. The summed E-state index contributed by atoms with van der Waals surface area (Å²) in [5, 5.41) is 1.94. The standard InChI is InChI=1S/C26H27F3N2O3/c1-17(2)16-21(32)30-25(26(27,28)29)22(23(33)20-12-8-5-9-13-20)18(3)31(24(25)34)15-14-19-10-6-4-7-11-19/h4-13,17H,14-16H2,1-3H3,(H,30,32). The third kappa shape index (κ3) is 4.76. The lowest BCUT2D eigenvalue weighted by Crippen LogP contribution is -2.66. The quantitative estimate of drug-likeness (QED) is 0.567. The number of nitrogens with zero attached hydrogens (tertiary/aromatic N) is 1. The number of nitrogens with one attached hydrogen (secondary N) is 1. The molecule has 5 nitrogen and oxygen atoms in total. The molecular weight excluding hydrogens is 445 g/mol. The van der Waals surface area contributed by atoms with Crippen LogP contribution in [0.3, 0.4) is 0 Å². The molecule has 2 aromatic carbocycles. The molecule has 0 aliphatic carbocycles. The second-order valence-electron chi connectivity index (χ2n) is 8.74. The Bertz CT molecular complexity index is 1100. The third-order valence-electron chi connectivity index (χ3n) is 5.78. The Balaban J connectivity index is 2.12. The number of amides is 2. The largest absolute Gasteiger partial charge is 0.425 e. The Morgan fingerprint density at radius 3 is 2.09 bits per heavy atom. The van der Waals surface area contributed by atoms with Crippen LogP contribution in [-0.2, 0) is 16.0 Å². The first-order chi connectivity index (χ1) is 16.0. The van der Waals surface area contributed by atoms with Crippen LogP contribution in [0.5, 0.6) is 0 Å². The van der Waals surface area contributed by atoms with Gasteiger partial charge in [0.15, 0.2) is 5.78 Å². The molecule has 8 heteroatoms. The van der Waals surface area contributed by atoms with Gasteiger partial charge in [-0.1, -0.05) is 74.5 Å². The van der Waals surface area contributed by atoms with Crippen LogP contribution in [0, 0.1) is 5.92 Å². The SMILES string of the molecule is CC1=C(C(=O)c2ccccc2)C(NC(=O)CC(C)C)(C(F)(F)F)C(=O)N1CCc1ccccc1. The number of carbonyl (C=O) groups excluding carboxylic acids is 3. The molecule has 2 amide bonds. The van der Waals surface area contributed by atoms with Crippen molar-refractivity contribution in [1.82, 2.24) is 10.2 Å². The summed E-state index contributed by atoms with van der Waals surface area (Å²) in [4.78, 5) is 40.4. The van der Waals surface area contributed by atoms with Crippen molar-refractivity contribution in [2.24, 2.45) is 5.92 Å². The molecule has 0 saturated carbocycles. The molecule has 1 aliphatic rings. The van der Waals surface area contributed by atoms with Crippen LogP contribution >= 0.6 is 0 Å². The van der Waals surface area contributed by atoms with Crippen molar-refractivity contribution < 1.29 is 27.6 Å². The van der Waals surface area contributed by atoms with Gasteiger partial charge in [0.25, 0.3) is 5.91 Å². The lowest BCUT2D eigenvalue weighted by Gasteiger charge is -2.33. The molecule has 1 N–H and O–H groups in total. The summed E-state index contributed by atoms with van der Waals surface area (Å²) in [6.07, 6.45) is -5.18. The van der Waals surface area contributed by atoms with E-state index in [0.29, 0.717) is 0 Å². The highest BCUT2D eigenvalue weighted by atomic mass is 19.4. The van der Waals surface area contributed by atoms with Crippen LogP contribution in [-0.4, -0.2) is 40.8 Å². The second kappa shape index (κ2) is 9.83. The first-order valence-electron chi connectivity index (χ1n) is 11.0. The van der Waals surface area contributed by atoms with Gasteiger partial charge in [0, 0.05) is 24.2 Å². The molecule has 1 atom stereocenters. The summed E-state index contributed by atoms with van der Waals surface area (Å²) in [6.45, 7) is 4.61. The van der Waals surface area contributed by atoms with Gasteiger partial charge in [-0.2, -0.15) is 13.2 Å². The van der Waals surface area contributed by atoms with E-state index in [4.69, 9.17) is 0 Å². The van der Waals surface area contributed by atoms with E-state index in [0.717, 1.165) is 10.5 Å². The lowest BCUT2D eigenvalue weighted by atomic mass is 9.84. The van der Waals surface area contributed by atoms with E-state index in [-0.39, 0.29) is 36.6 Å². The highest BCUT2D eigenvalue weighted by Gasteiger charge is 2.70. The van der Waals surface area contributed by atoms with Gasteiger partial charge in [-0.25, -0.2) is 0 Å². The maximum Gasteiger partial charge on any atom is 0.425 e. The zero-order valence-electron chi connectivity index (χ0n) is 19.3. The van der Waals surface area contributed by atoms with Crippen LogP contribution in [0.4, 0.5) is 13.2 Å². The molecule has 0 fully saturated rings. The highest BCUT2D eigenvalue weighted by molar-refractivity contribution is 6.19. The molecule has 1 heterocycles. The minimum absolute atomic E-state index is 0.00120. The lowest BCUT2D eigenvalue weighted by molar-refractivity contribution is -0.193. The summed E-state index contributed by atoms with van der Waals surface area (Å²) in [7, 11) is 0. The molecule has 34 heavy (non-hydrogen) atoms. The number of allylic oxidation sites excluding steroid dienone is 1. The molecule has 180 valence electrons.